The number of hydrogen-bond donors (Lipinski definition) is 1. The van der Waals surface area contributed by atoms with Crippen molar-refractivity contribution >= 4 is 0 Å². The normalized spacial score (nSPS) is 17.0. The van der Waals surface area contributed by atoms with E-state index in [9.17, 15) is 0 Å². The van der Waals surface area contributed by atoms with Crippen LogP contribution in [0.1, 0.15) is 5.56 Å². The van der Waals surface area contributed by atoms with Crippen LogP contribution in [0.4, 0.5) is 0 Å². The van der Waals surface area contributed by atoms with Gasteiger partial charge in [0.05, 0.1) is 5.69 Å². The molecule has 1 aliphatic rings. The Labute approximate surface area is 101 Å². The molecule has 88 valence electrons. The van der Waals surface area contributed by atoms with Gasteiger partial charge in [-0.2, -0.15) is 5.10 Å². The minimum atomic E-state index is 0.373. The van der Waals surface area contributed by atoms with E-state index >= 15 is 0 Å². The van der Waals surface area contributed by atoms with Gasteiger partial charge in [-0.1, -0.05) is 12.1 Å². The fourth-order valence-corrected chi connectivity index (χ4v) is 2.17. The summed E-state index contributed by atoms with van der Waals surface area (Å²) in [5.41, 5.74) is 8.18. The fourth-order valence-electron chi connectivity index (χ4n) is 2.17. The number of likely N-dealkylation sites (tertiary alicyclic amines) is 1. The lowest BCUT2D eigenvalue weighted by Crippen LogP contribution is -2.54. The van der Waals surface area contributed by atoms with Crippen LogP contribution in [0, 0.1) is 0 Å². The zero-order chi connectivity index (χ0) is 11.7. The maximum absolute atomic E-state index is 5.76. The molecule has 1 fully saturated rings. The Morgan fingerprint density at radius 3 is 2.59 bits per heavy atom. The van der Waals surface area contributed by atoms with E-state index in [1.54, 1.807) is 6.20 Å². The number of aromatic nitrogens is 2. The summed E-state index contributed by atoms with van der Waals surface area (Å²) in [6, 6.07) is 10.8. The maximum Gasteiger partial charge on any atom is 0.0645 e. The van der Waals surface area contributed by atoms with E-state index in [0.717, 1.165) is 25.3 Å². The number of nitrogens with zero attached hydrogens (tertiary/aromatic N) is 3. The van der Waals surface area contributed by atoms with Crippen LogP contribution in [0.2, 0.25) is 0 Å². The van der Waals surface area contributed by atoms with Crippen LogP contribution in [0.3, 0.4) is 0 Å². The molecule has 1 aromatic carbocycles. The van der Waals surface area contributed by atoms with Crippen LogP contribution in [-0.4, -0.2) is 33.8 Å². The van der Waals surface area contributed by atoms with Gasteiger partial charge in [-0.05, 0) is 23.8 Å². The summed E-state index contributed by atoms with van der Waals surface area (Å²) in [5.74, 6) is 0. The second kappa shape index (κ2) is 4.31. The van der Waals surface area contributed by atoms with Crippen LogP contribution in [-0.2, 0) is 6.54 Å². The molecule has 0 spiro atoms. The number of benzene rings is 1. The van der Waals surface area contributed by atoms with Crippen LogP contribution in [0.5, 0.6) is 0 Å². The summed E-state index contributed by atoms with van der Waals surface area (Å²) in [5, 5.41) is 4.20. The van der Waals surface area contributed by atoms with Crippen LogP contribution < -0.4 is 5.73 Å². The average molecular weight is 228 g/mol. The van der Waals surface area contributed by atoms with Crippen molar-refractivity contribution in [3.8, 4) is 5.69 Å². The summed E-state index contributed by atoms with van der Waals surface area (Å²) in [7, 11) is 0. The second-order valence-electron chi connectivity index (χ2n) is 4.57. The van der Waals surface area contributed by atoms with E-state index in [4.69, 9.17) is 5.73 Å². The van der Waals surface area contributed by atoms with Gasteiger partial charge in [0.2, 0.25) is 0 Å². The zero-order valence-corrected chi connectivity index (χ0v) is 9.66. The van der Waals surface area contributed by atoms with Gasteiger partial charge in [-0.3, -0.25) is 4.90 Å². The van der Waals surface area contributed by atoms with Crippen molar-refractivity contribution in [1.82, 2.24) is 14.7 Å². The topological polar surface area (TPSA) is 47.1 Å². The Hall–Kier alpha value is -1.65. The summed E-state index contributed by atoms with van der Waals surface area (Å²) >= 11 is 0. The molecule has 0 atom stereocenters. The molecule has 4 nitrogen and oxygen atoms in total. The van der Waals surface area contributed by atoms with Gasteiger partial charge in [0.25, 0.3) is 0 Å². The molecule has 0 bridgehead atoms. The van der Waals surface area contributed by atoms with Gasteiger partial charge < -0.3 is 5.73 Å². The quantitative estimate of drug-likeness (QED) is 0.853. The molecule has 0 radical (unpaired) electrons. The van der Waals surface area contributed by atoms with Crippen molar-refractivity contribution in [2.75, 3.05) is 13.1 Å². The fraction of sp³-hybridized carbons (Fsp3) is 0.308. The van der Waals surface area contributed by atoms with E-state index in [0.29, 0.717) is 6.04 Å². The maximum atomic E-state index is 5.76. The van der Waals surface area contributed by atoms with E-state index < -0.39 is 0 Å². The molecule has 1 aliphatic heterocycles. The molecule has 0 saturated carbocycles. The van der Waals surface area contributed by atoms with Gasteiger partial charge in [-0.15, -0.1) is 0 Å². The minimum Gasteiger partial charge on any atom is -0.325 e. The third kappa shape index (κ3) is 2.23. The highest BCUT2D eigenvalue weighted by molar-refractivity contribution is 5.33. The third-order valence-electron chi connectivity index (χ3n) is 3.10. The van der Waals surface area contributed by atoms with Crippen molar-refractivity contribution in [1.29, 1.82) is 0 Å². The number of nitrogens with two attached hydrogens (primary N) is 1. The predicted molar refractivity (Wildman–Crippen MR) is 66.8 cm³/mol. The molecule has 4 heteroatoms. The van der Waals surface area contributed by atoms with Gasteiger partial charge >= 0.3 is 0 Å². The average Bonchev–Trinajstić information content (AvgIpc) is 2.81. The van der Waals surface area contributed by atoms with E-state index in [2.05, 4.69) is 34.3 Å². The molecule has 0 aliphatic carbocycles. The monoisotopic (exact) mass is 228 g/mol. The molecule has 0 amide bonds. The molecule has 2 N–H and O–H groups in total. The van der Waals surface area contributed by atoms with E-state index in [1.807, 2.05) is 16.9 Å². The van der Waals surface area contributed by atoms with E-state index in [1.165, 1.54) is 5.56 Å². The van der Waals surface area contributed by atoms with Gasteiger partial charge in [0.1, 0.15) is 0 Å². The Balaban J connectivity index is 1.68. The first-order chi connectivity index (χ1) is 8.31. The Morgan fingerprint density at radius 1 is 1.24 bits per heavy atom. The first-order valence-electron chi connectivity index (χ1n) is 5.88. The molecular formula is C13H16N4. The van der Waals surface area contributed by atoms with E-state index in [-0.39, 0.29) is 0 Å². The molecule has 2 aromatic rings. The lowest BCUT2D eigenvalue weighted by Gasteiger charge is -2.36. The largest absolute Gasteiger partial charge is 0.325 e. The molecular weight excluding hydrogens is 212 g/mol. The van der Waals surface area contributed by atoms with Gasteiger partial charge in [-0.25, -0.2) is 4.68 Å². The van der Waals surface area contributed by atoms with Crippen molar-refractivity contribution in [3.63, 3.8) is 0 Å². The summed E-state index contributed by atoms with van der Waals surface area (Å²) < 4.78 is 1.86. The number of hydrogen-bond acceptors (Lipinski definition) is 3. The van der Waals surface area contributed by atoms with Gasteiger partial charge in [0.15, 0.2) is 0 Å². The highest BCUT2D eigenvalue weighted by Gasteiger charge is 2.22. The molecule has 1 aromatic heterocycles. The summed E-state index contributed by atoms with van der Waals surface area (Å²) in [6.07, 6.45) is 3.73. The highest BCUT2D eigenvalue weighted by Crippen LogP contribution is 2.14. The lowest BCUT2D eigenvalue weighted by atomic mass is 10.1. The van der Waals surface area contributed by atoms with Crippen LogP contribution >= 0.6 is 0 Å². The van der Waals surface area contributed by atoms with Crippen LogP contribution in [0.15, 0.2) is 42.7 Å². The first-order valence-corrected chi connectivity index (χ1v) is 5.88. The third-order valence-corrected chi connectivity index (χ3v) is 3.10. The number of rotatable bonds is 3. The molecule has 2 heterocycles. The van der Waals surface area contributed by atoms with Crippen molar-refractivity contribution in [2.24, 2.45) is 5.73 Å². The highest BCUT2D eigenvalue weighted by atomic mass is 15.3. The molecule has 3 rings (SSSR count). The molecule has 1 saturated heterocycles. The Bertz CT molecular complexity index is 469. The SMILES string of the molecule is NC1CN(Cc2ccc(-n3cccn3)cc2)C1. The first kappa shape index (κ1) is 10.5. The summed E-state index contributed by atoms with van der Waals surface area (Å²) in [4.78, 5) is 2.35. The lowest BCUT2D eigenvalue weighted by molar-refractivity contribution is 0.142. The van der Waals surface area contributed by atoms with Gasteiger partial charge in [0, 0.05) is 38.1 Å². The standard InChI is InChI=1S/C13H16N4/c14-12-9-16(10-12)8-11-2-4-13(5-3-11)17-7-1-6-15-17/h1-7,12H,8-10,14H2. The molecule has 0 unspecified atom stereocenters. The van der Waals surface area contributed by atoms with Crippen molar-refractivity contribution in [3.05, 3.63) is 48.3 Å². The summed E-state index contributed by atoms with van der Waals surface area (Å²) in [6.45, 7) is 3.02. The zero-order valence-electron chi connectivity index (χ0n) is 9.66. The second-order valence-corrected chi connectivity index (χ2v) is 4.57. The van der Waals surface area contributed by atoms with Crippen LogP contribution in [0.25, 0.3) is 5.69 Å². The van der Waals surface area contributed by atoms with Crippen molar-refractivity contribution in [2.45, 2.75) is 12.6 Å². The Morgan fingerprint density at radius 2 is 2.00 bits per heavy atom. The minimum absolute atomic E-state index is 0.373. The van der Waals surface area contributed by atoms with Crippen molar-refractivity contribution < 1.29 is 0 Å². The smallest absolute Gasteiger partial charge is 0.0645 e. The molecule has 17 heavy (non-hydrogen) atoms. The Kier molecular flexibility index (Phi) is 2.66. The predicted octanol–water partition coefficient (Wildman–Crippen LogP) is 1.02.